The normalized spacial score (nSPS) is 46.4. The van der Waals surface area contributed by atoms with Crippen LogP contribution < -0.4 is 0 Å². The van der Waals surface area contributed by atoms with Crippen LogP contribution in [0.4, 0.5) is 0 Å². The minimum atomic E-state index is -1.68. The third-order valence-corrected chi connectivity index (χ3v) is 16.2. The van der Waals surface area contributed by atoms with Crippen LogP contribution in [0.1, 0.15) is 20.3 Å². The van der Waals surface area contributed by atoms with Gasteiger partial charge in [-0.05, 0) is 65.3 Å². The summed E-state index contributed by atoms with van der Waals surface area (Å²) in [5.41, 5.74) is 3.16. The van der Waals surface area contributed by atoms with Crippen LogP contribution in [0.25, 0.3) is 0 Å². The molecule has 0 N–H and O–H groups in total. The number of fused-ring (bicyclic) bond motifs is 6. The van der Waals surface area contributed by atoms with Gasteiger partial charge in [-0.3, -0.25) is 0 Å². The fourth-order valence-corrected chi connectivity index (χ4v) is 16.1. The topological polar surface area (TPSA) is 0 Å². The lowest BCUT2D eigenvalue weighted by atomic mass is 9.82. The lowest BCUT2D eigenvalue weighted by Crippen LogP contribution is -2.48. The van der Waals surface area contributed by atoms with Crippen molar-refractivity contribution in [2.45, 2.75) is 43.9 Å². The first-order valence-electron chi connectivity index (χ1n) is 13.0. The molecule has 0 aromatic rings. The van der Waals surface area contributed by atoms with E-state index in [0.29, 0.717) is 35.5 Å². The smallest absolute Gasteiger partial charge is 0.0591 e. The lowest BCUT2D eigenvalue weighted by molar-refractivity contribution is 0.459. The number of hydrogen-bond acceptors (Lipinski definition) is 0. The molecule has 0 aromatic carbocycles. The molecule has 2 fully saturated rings. The Balaban J connectivity index is 1.49. The summed E-state index contributed by atoms with van der Waals surface area (Å²) in [6.07, 6.45) is 38.5. The van der Waals surface area contributed by atoms with E-state index in [9.17, 15) is 0 Å². The molecule has 0 aliphatic heterocycles. The highest BCUT2D eigenvalue weighted by molar-refractivity contribution is 6.82. The van der Waals surface area contributed by atoms with E-state index in [-0.39, 0.29) is 0 Å². The van der Waals surface area contributed by atoms with Crippen LogP contribution in [0.2, 0.25) is 23.7 Å². The second-order valence-corrected chi connectivity index (χ2v) is 16.4. The van der Waals surface area contributed by atoms with Crippen molar-refractivity contribution < 1.29 is 0 Å². The molecule has 0 heterocycles. The zero-order valence-corrected chi connectivity index (χ0v) is 20.8. The van der Waals surface area contributed by atoms with Crippen LogP contribution in [0.3, 0.4) is 0 Å². The summed E-state index contributed by atoms with van der Waals surface area (Å²) in [4.78, 5) is 0. The van der Waals surface area contributed by atoms with Gasteiger partial charge in [0, 0.05) is 0 Å². The fraction of sp³-hybridized carbons (Fsp3) is 0.484. The Morgan fingerprint density at radius 2 is 1.00 bits per heavy atom. The van der Waals surface area contributed by atoms with Crippen molar-refractivity contribution in [3.8, 4) is 0 Å². The van der Waals surface area contributed by atoms with Gasteiger partial charge in [-0.15, -0.1) is 0 Å². The molecule has 32 heavy (non-hydrogen) atoms. The SMILES string of the molecule is CCC[Si](C)(C1C2C=CC=CC2C2C=CC=CC21)C1C2C=CC=CC2C2C=CC(C)=CC21. The first-order valence-corrected chi connectivity index (χ1v) is 15.9. The molecule has 166 valence electrons. The predicted molar refractivity (Wildman–Crippen MR) is 140 cm³/mol. The van der Waals surface area contributed by atoms with Gasteiger partial charge in [-0.1, -0.05) is 123 Å². The van der Waals surface area contributed by atoms with Crippen molar-refractivity contribution in [2.24, 2.45) is 47.3 Å². The molecule has 1 heteroatoms. The Bertz CT molecular complexity index is 965. The number of hydrogen-bond donors (Lipinski definition) is 0. The van der Waals surface area contributed by atoms with Crippen LogP contribution in [-0.2, 0) is 0 Å². The first-order chi connectivity index (χ1) is 15.6. The maximum Gasteiger partial charge on any atom is 0.0591 e. The van der Waals surface area contributed by atoms with Gasteiger partial charge < -0.3 is 0 Å². The standard InChI is InChI=1S/C31H38Si/c1-4-19-32(3,30-26-14-8-5-11-22(26)23-12-6-9-15-27(23)30)31-28-16-10-7-13-24(28)25-18-17-21(2)20-29(25)31/h5-18,20,22-31H,4,19H2,1-3H3. The second-order valence-electron chi connectivity index (χ2n) is 11.5. The van der Waals surface area contributed by atoms with Crippen LogP contribution >= 0.6 is 0 Å². The van der Waals surface area contributed by atoms with E-state index in [4.69, 9.17) is 0 Å². The van der Waals surface area contributed by atoms with Crippen LogP contribution in [0, 0.1) is 47.3 Å². The molecular weight excluding hydrogens is 400 g/mol. The van der Waals surface area contributed by atoms with Gasteiger partial charge in [0.05, 0.1) is 8.07 Å². The fourth-order valence-electron chi connectivity index (χ4n) is 9.11. The van der Waals surface area contributed by atoms with Crippen LogP contribution in [0.15, 0.2) is 96.7 Å². The first kappa shape index (κ1) is 20.7. The Hall–Kier alpha value is -1.86. The Morgan fingerprint density at radius 3 is 1.47 bits per heavy atom. The monoisotopic (exact) mass is 438 g/mol. The summed E-state index contributed by atoms with van der Waals surface area (Å²) >= 11 is 0. The maximum atomic E-state index is 2.84. The summed E-state index contributed by atoms with van der Waals surface area (Å²) in [5.74, 6) is 5.64. The van der Waals surface area contributed by atoms with E-state index < -0.39 is 8.07 Å². The van der Waals surface area contributed by atoms with Crippen molar-refractivity contribution in [3.63, 3.8) is 0 Å². The van der Waals surface area contributed by atoms with Gasteiger partial charge in [0.25, 0.3) is 0 Å². The molecule has 0 aromatic heterocycles. The lowest BCUT2D eigenvalue weighted by Gasteiger charge is -2.48. The van der Waals surface area contributed by atoms with Crippen molar-refractivity contribution in [1.29, 1.82) is 0 Å². The second kappa shape index (κ2) is 7.87. The molecule has 6 aliphatic carbocycles. The molecule has 10 atom stereocenters. The quantitative estimate of drug-likeness (QED) is 0.389. The molecule has 0 amide bonds. The van der Waals surface area contributed by atoms with Crippen LogP contribution in [-0.4, -0.2) is 8.07 Å². The predicted octanol–water partition coefficient (Wildman–Crippen LogP) is 8.07. The Kier molecular flexibility index (Phi) is 5.10. The summed E-state index contributed by atoms with van der Waals surface area (Å²) in [6.45, 7) is 7.61. The van der Waals surface area contributed by atoms with Gasteiger partial charge in [-0.25, -0.2) is 0 Å². The Labute approximate surface area is 196 Å². The van der Waals surface area contributed by atoms with Crippen molar-refractivity contribution >= 4 is 8.07 Å². The van der Waals surface area contributed by atoms with Gasteiger partial charge in [0.1, 0.15) is 0 Å². The van der Waals surface area contributed by atoms with Crippen molar-refractivity contribution in [2.75, 3.05) is 0 Å². The molecule has 6 rings (SSSR count). The summed E-state index contributed by atoms with van der Waals surface area (Å²) in [5, 5.41) is 0. The molecular formula is C31H38Si. The number of rotatable bonds is 4. The van der Waals surface area contributed by atoms with E-state index in [0.717, 1.165) is 22.9 Å². The summed E-state index contributed by atoms with van der Waals surface area (Å²) in [6, 6.07) is 1.46. The zero-order chi connectivity index (χ0) is 21.9. The van der Waals surface area contributed by atoms with E-state index in [2.05, 4.69) is 112 Å². The highest BCUT2D eigenvalue weighted by Gasteiger charge is 2.62. The van der Waals surface area contributed by atoms with Gasteiger partial charge in [0.15, 0.2) is 0 Å². The van der Waals surface area contributed by atoms with Crippen molar-refractivity contribution in [3.05, 3.63) is 96.7 Å². The highest BCUT2D eigenvalue weighted by atomic mass is 28.3. The molecule has 6 aliphatic rings. The largest absolute Gasteiger partial charge is 0.0808 e. The van der Waals surface area contributed by atoms with Gasteiger partial charge in [0.2, 0.25) is 0 Å². The molecule has 2 saturated carbocycles. The molecule has 0 nitrogen and oxygen atoms in total. The van der Waals surface area contributed by atoms with E-state index >= 15 is 0 Å². The molecule has 0 saturated heterocycles. The zero-order valence-electron chi connectivity index (χ0n) is 19.8. The molecule has 0 radical (unpaired) electrons. The highest BCUT2D eigenvalue weighted by Crippen LogP contribution is 2.67. The van der Waals surface area contributed by atoms with E-state index in [1.165, 1.54) is 18.0 Å². The van der Waals surface area contributed by atoms with Crippen molar-refractivity contribution in [1.82, 2.24) is 0 Å². The average molecular weight is 439 g/mol. The Morgan fingerprint density at radius 1 is 0.594 bits per heavy atom. The summed E-state index contributed by atoms with van der Waals surface area (Å²) < 4.78 is 0. The van der Waals surface area contributed by atoms with E-state index in [1.807, 2.05) is 0 Å². The average Bonchev–Trinajstić information content (AvgIpc) is 3.32. The molecule has 0 spiro atoms. The third kappa shape index (κ3) is 2.93. The minimum absolute atomic E-state index is 0.690. The third-order valence-electron chi connectivity index (χ3n) is 10.0. The molecule has 10 unspecified atom stereocenters. The van der Waals surface area contributed by atoms with Gasteiger partial charge in [-0.2, -0.15) is 0 Å². The van der Waals surface area contributed by atoms with Crippen LogP contribution in [0.5, 0.6) is 0 Å². The minimum Gasteiger partial charge on any atom is -0.0808 e. The summed E-state index contributed by atoms with van der Waals surface area (Å²) in [7, 11) is -1.68. The maximum absolute atomic E-state index is 2.84. The molecule has 0 bridgehead atoms. The van der Waals surface area contributed by atoms with Gasteiger partial charge >= 0.3 is 0 Å². The van der Waals surface area contributed by atoms with E-state index in [1.54, 1.807) is 0 Å². The number of allylic oxidation sites excluding steroid dienone is 16.